The van der Waals surface area contributed by atoms with Crippen LogP contribution in [0.5, 0.6) is 5.75 Å². The Kier molecular flexibility index (Phi) is 6.61. The molecule has 0 bridgehead atoms. The van der Waals surface area contributed by atoms with E-state index in [0.717, 1.165) is 0 Å². The van der Waals surface area contributed by atoms with Crippen LogP contribution in [0, 0.1) is 5.82 Å². The third-order valence-corrected chi connectivity index (χ3v) is 3.58. The van der Waals surface area contributed by atoms with Gasteiger partial charge in [-0.3, -0.25) is 4.79 Å². The number of carbonyl (C=O) groups excluding carboxylic acids is 2. The summed E-state index contributed by atoms with van der Waals surface area (Å²) in [7, 11) is 0. The second-order valence-electron chi connectivity index (χ2n) is 4.96. The number of anilines is 1. The Morgan fingerprint density at radius 2 is 1.92 bits per heavy atom. The van der Waals surface area contributed by atoms with Crippen molar-refractivity contribution < 1.29 is 23.5 Å². The molecular weight excluding hydrogens is 372 g/mol. The van der Waals surface area contributed by atoms with Gasteiger partial charge < -0.3 is 14.8 Å². The van der Waals surface area contributed by atoms with E-state index >= 15 is 0 Å². The van der Waals surface area contributed by atoms with Crippen molar-refractivity contribution in [1.82, 2.24) is 0 Å². The van der Waals surface area contributed by atoms with Crippen LogP contribution in [-0.4, -0.2) is 24.6 Å². The maximum absolute atomic E-state index is 13.5. The van der Waals surface area contributed by atoms with Crippen molar-refractivity contribution in [3.63, 3.8) is 0 Å². The van der Waals surface area contributed by atoms with Gasteiger partial charge in [0.25, 0.3) is 5.91 Å². The smallest absolute Gasteiger partial charge is 0.344 e. The summed E-state index contributed by atoms with van der Waals surface area (Å²) in [5, 5.41) is 3.01. The summed E-state index contributed by atoms with van der Waals surface area (Å²) in [6.45, 7) is 0.919. The lowest BCUT2D eigenvalue weighted by Gasteiger charge is -2.14. The maximum atomic E-state index is 13.5. The fourth-order valence-corrected chi connectivity index (χ4v) is 2.27. The van der Waals surface area contributed by atoms with Crippen molar-refractivity contribution in [2.45, 2.75) is 13.0 Å². The van der Waals surface area contributed by atoms with Gasteiger partial charge in [-0.2, -0.15) is 0 Å². The zero-order chi connectivity index (χ0) is 18.4. The van der Waals surface area contributed by atoms with Crippen LogP contribution in [0.15, 0.2) is 42.5 Å². The number of halogens is 3. The molecule has 0 unspecified atom stereocenters. The van der Waals surface area contributed by atoms with E-state index in [4.69, 9.17) is 32.7 Å². The van der Waals surface area contributed by atoms with E-state index in [0.29, 0.717) is 5.02 Å². The summed E-state index contributed by atoms with van der Waals surface area (Å²) < 4.78 is 23.6. The number of carbonyl (C=O) groups is 2. The molecule has 8 heteroatoms. The highest BCUT2D eigenvalue weighted by Crippen LogP contribution is 2.27. The molecule has 0 saturated heterocycles. The quantitative estimate of drug-likeness (QED) is 0.760. The van der Waals surface area contributed by atoms with Crippen LogP contribution in [0.1, 0.15) is 6.92 Å². The molecule has 0 saturated carbocycles. The van der Waals surface area contributed by atoms with Gasteiger partial charge in [-0.05, 0) is 37.3 Å². The van der Waals surface area contributed by atoms with Gasteiger partial charge in [0.2, 0.25) is 0 Å². The molecule has 132 valence electrons. The summed E-state index contributed by atoms with van der Waals surface area (Å²) in [5.41, 5.74) is -0.000375. The first-order valence-electron chi connectivity index (χ1n) is 7.19. The summed E-state index contributed by atoms with van der Waals surface area (Å²) >= 11 is 11.7. The molecule has 1 N–H and O–H groups in total. The third kappa shape index (κ3) is 5.62. The average molecular weight is 386 g/mol. The van der Waals surface area contributed by atoms with Crippen LogP contribution in [0.3, 0.4) is 0 Å². The van der Waals surface area contributed by atoms with Crippen LogP contribution >= 0.6 is 23.2 Å². The first kappa shape index (κ1) is 19.0. The molecular formula is C17H14Cl2FNO4. The molecule has 5 nitrogen and oxygen atoms in total. The predicted molar refractivity (Wildman–Crippen MR) is 92.5 cm³/mol. The van der Waals surface area contributed by atoms with E-state index in [2.05, 4.69) is 5.32 Å². The zero-order valence-corrected chi connectivity index (χ0v) is 14.6. The van der Waals surface area contributed by atoms with Gasteiger partial charge in [-0.15, -0.1) is 0 Å². The fraction of sp³-hybridized carbons (Fsp3) is 0.176. The maximum Gasteiger partial charge on any atom is 0.344 e. The number of hydrogen-bond acceptors (Lipinski definition) is 4. The van der Waals surface area contributed by atoms with Gasteiger partial charge in [0.05, 0.1) is 10.7 Å². The van der Waals surface area contributed by atoms with E-state index in [1.165, 1.54) is 37.3 Å². The first-order chi connectivity index (χ1) is 11.9. The second kappa shape index (κ2) is 8.69. The molecule has 2 aromatic rings. The summed E-state index contributed by atoms with van der Waals surface area (Å²) in [6.07, 6.45) is -1.13. The predicted octanol–water partition coefficient (Wildman–Crippen LogP) is 4.08. The first-order valence-corrected chi connectivity index (χ1v) is 7.95. The van der Waals surface area contributed by atoms with E-state index < -0.39 is 30.4 Å². The molecule has 1 atom stereocenters. The van der Waals surface area contributed by atoms with Gasteiger partial charge in [-0.1, -0.05) is 35.3 Å². The Morgan fingerprint density at radius 3 is 2.60 bits per heavy atom. The largest absolute Gasteiger partial charge is 0.480 e. The number of esters is 1. The second-order valence-corrected chi connectivity index (χ2v) is 5.81. The molecule has 25 heavy (non-hydrogen) atoms. The summed E-state index contributed by atoms with van der Waals surface area (Å²) in [6, 6.07) is 10.2. The highest BCUT2D eigenvalue weighted by molar-refractivity contribution is 6.35. The number of para-hydroxylation sites is 1. The molecule has 0 aliphatic heterocycles. The standard InChI is InChI=1S/C17H14Cl2FNO4/c1-10(17(23)21-14-5-3-2-4-13(14)20)25-16(22)9-24-15-7-6-11(18)8-12(15)19/h2-8,10H,9H2,1H3,(H,21,23)/t10-/m1/s1. The lowest BCUT2D eigenvalue weighted by atomic mass is 10.3. The average Bonchev–Trinajstić information content (AvgIpc) is 2.56. The molecule has 0 radical (unpaired) electrons. The van der Waals surface area contributed by atoms with Crippen molar-refractivity contribution in [3.8, 4) is 5.75 Å². The molecule has 1 amide bonds. The summed E-state index contributed by atoms with van der Waals surface area (Å²) in [5.74, 6) is -1.77. The van der Waals surface area contributed by atoms with Gasteiger partial charge in [0.15, 0.2) is 12.7 Å². The highest BCUT2D eigenvalue weighted by Gasteiger charge is 2.19. The monoisotopic (exact) mass is 385 g/mol. The van der Waals surface area contributed by atoms with Crippen LogP contribution < -0.4 is 10.1 Å². The molecule has 0 fully saturated rings. The van der Waals surface area contributed by atoms with Gasteiger partial charge in [-0.25, -0.2) is 9.18 Å². The van der Waals surface area contributed by atoms with Gasteiger partial charge in [0, 0.05) is 5.02 Å². The number of rotatable bonds is 6. The molecule has 2 aromatic carbocycles. The van der Waals surface area contributed by atoms with Crippen LogP contribution in [-0.2, 0) is 14.3 Å². The topological polar surface area (TPSA) is 64.6 Å². The molecule has 2 rings (SSSR count). The third-order valence-electron chi connectivity index (χ3n) is 3.05. The Bertz CT molecular complexity index is 785. The fourth-order valence-electron chi connectivity index (χ4n) is 1.81. The molecule has 0 aliphatic rings. The molecule has 0 heterocycles. The van der Waals surface area contributed by atoms with E-state index in [1.54, 1.807) is 12.1 Å². The number of hydrogen-bond donors (Lipinski definition) is 1. The minimum atomic E-state index is -1.13. The van der Waals surface area contributed by atoms with Crippen LogP contribution in [0.25, 0.3) is 0 Å². The Balaban J connectivity index is 1.85. The van der Waals surface area contributed by atoms with E-state index in [1.807, 2.05) is 0 Å². The van der Waals surface area contributed by atoms with Crippen molar-refractivity contribution in [1.29, 1.82) is 0 Å². The molecule has 0 aliphatic carbocycles. The lowest BCUT2D eigenvalue weighted by Crippen LogP contribution is -2.32. The van der Waals surface area contributed by atoms with Crippen molar-refractivity contribution in [3.05, 3.63) is 58.3 Å². The zero-order valence-electron chi connectivity index (χ0n) is 13.1. The number of nitrogens with one attached hydrogen (secondary N) is 1. The van der Waals surface area contributed by atoms with Crippen molar-refractivity contribution in [2.24, 2.45) is 0 Å². The van der Waals surface area contributed by atoms with Crippen molar-refractivity contribution in [2.75, 3.05) is 11.9 Å². The van der Waals surface area contributed by atoms with Gasteiger partial charge >= 0.3 is 5.97 Å². The highest BCUT2D eigenvalue weighted by atomic mass is 35.5. The molecule has 0 aromatic heterocycles. The van der Waals surface area contributed by atoms with Gasteiger partial charge in [0.1, 0.15) is 11.6 Å². The van der Waals surface area contributed by atoms with Crippen LogP contribution in [0.4, 0.5) is 10.1 Å². The van der Waals surface area contributed by atoms with Crippen molar-refractivity contribution >= 4 is 40.8 Å². The SMILES string of the molecule is C[C@@H](OC(=O)COc1ccc(Cl)cc1Cl)C(=O)Nc1ccccc1F. The number of ether oxygens (including phenoxy) is 2. The summed E-state index contributed by atoms with van der Waals surface area (Å²) in [4.78, 5) is 23.7. The van der Waals surface area contributed by atoms with E-state index in [9.17, 15) is 14.0 Å². The lowest BCUT2D eigenvalue weighted by molar-refractivity contribution is -0.155. The van der Waals surface area contributed by atoms with Crippen LogP contribution in [0.2, 0.25) is 10.0 Å². The number of amides is 1. The minimum Gasteiger partial charge on any atom is -0.480 e. The Hall–Kier alpha value is -2.31. The Morgan fingerprint density at radius 1 is 1.20 bits per heavy atom. The molecule has 0 spiro atoms. The van der Waals surface area contributed by atoms with E-state index in [-0.39, 0.29) is 16.5 Å². The number of benzene rings is 2. The normalized spacial score (nSPS) is 11.5. The minimum absolute atomic E-state index is 0.000375. The Labute approximate surface area is 153 Å².